The first-order valence-electron chi connectivity index (χ1n) is 6.66. The molecule has 1 aliphatic rings. The summed E-state index contributed by atoms with van der Waals surface area (Å²) in [6.07, 6.45) is 3.09. The van der Waals surface area contributed by atoms with E-state index in [4.69, 9.17) is 0 Å². The van der Waals surface area contributed by atoms with Crippen molar-refractivity contribution in [2.75, 3.05) is 0 Å². The molecule has 0 saturated carbocycles. The van der Waals surface area contributed by atoms with Crippen LogP contribution in [0, 0.1) is 6.92 Å². The number of carbonyl (C=O) groups excluding carboxylic acids is 1. The van der Waals surface area contributed by atoms with Crippen molar-refractivity contribution in [2.24, 2.45) is 0 Å². The van der Waals surface area contributed by atoms with Crippen LogP contribution in [0.25, 0.3) is 0 Å². The second kappa shape index (κ2) is 5.00. The predicted octanol–water partition coefficient (Wildman–Crippen LogP) is 1.26. The van der Waals surface area contributed by atoms with Gasteiger partial charge in [0.15, 0.2) is 0 Å². The van der Waals surface area contributed by atoms with Crippen LogP contribution in [0.4, 0.5) is 0 Å². The molecule has 6 nitrogen and oxygen atoms in total. The second-order valence-electron chi connectivity index (χ2n) is 5.08. The van der Waals surface area contributed by atoms with Crippen molar-refractivity contribution >= 4 is 15.9 Å². The number of aromatic nitrogens is 2. The van der Waals surface area contributed by atoms with Gasteiger partial charge >= 0.3 is 0 Å². The molecule has 2 heterocycles. The normalized spacial score (nSPS) is 14.0. The van der Waals surface area contributed by atoms with Crippen LogP contribution in [0.5, 0.6) is 0 Å². The van der Waals surface area contributed by atoms with Crippen LogP contribution in [-0.2, 0) is 23.0 Å². The van der Waals surface area contributed by atoms with E-state index in [1.54, 1.807) is 23.7 Å². The summed E-state index contributed by atoms with van der Waals surface area (Å²) in [6, 6.07) is 6.43. The number of benzene rings is 1. The van der Waals surface area contributed by atoms with Crippen LogP contribution >= 0.6 is 0 Å². The number of nitrogens with one attached hydrogen (secondary N) is 1. The molecule has 1 aromatic heterocycles. The lowest BCUT2D eigenvalue weighted by Crippen LogP contribution is -2.31. The molecule has 7 heteroatoms. The van der Waals surface area contributed by atoms with Gasteiger partial charge in [0.25, 0.3) is 15.9 Å². The van der Waals surface area contributed by atoms with E-state index < -0.39 is 15.9 Å². The van der Waals surface area contributed by atoms with Gasteiger partial charge in [-0.2, -0.15) is 5.10 Å². The quantitative estimate of drug-likeness (QED) is 0.925. The molecular formula is C14H15N3O3S. The number of sulfonamides is 1. The molecule has 0 radical (unpaired) electrons. The fraction of sp³-hybridized carbons (Fsp3) is 0.286. The van der Waals surface area contributed by atoms with Gasteiger partial charge in [-0.1, -0.05) is 12.1 Å². The number of hydrogen-bond acceptors (Lipinski definition) is 4. The molecule has 0 atom stereocenters. The van der Waals surface area contributed by atoms with E-state index in [1.807, 2.05) is 0 Å². The smallest absolute Gasteiger partial charge is 0.268 e. The Morgan fingerprint density at radius 3 is 2.95 bits per heavy atom. The molecule has 1 aliphatic heterocycles. The molecule has 0 saturated heterocycles. The van der Waals surface area contributed by atoms with Gasteiger partial charge < -0.3 is 0 Å². The van der Waals surface area contributed by atoms with Crippen molar-refractivity contribution in [3.05, 3.63) is 47.3 Å². The highest BCUT2D eigenvalue weighted by Crippen LogP contribution is 2.19. The molecule has 1 aromatic carbocycles. The lowest BCUT2D eigenvalue weighted by atomic mass is 10.2. The SMILES string of the molecule is Cc1cccc(S(=O)(=O)NC(=O)c2cnn3c2CCC3)c1. The predicted molar refractivity (Wildman–Crippen MR) is 76.4 cm³/mol. The molecule has 0 bridgehead atoms. The van der Waals surface area contributed by atoms with Gasteiger partial charge in [0.05, 0.1) is 22.3 Å². The second-order valence-corrected chi connectivity index (χ2v) is 6.77. The molecule has 1 amide bonds. The van der Waals surface area contributed by atoms with Crippen molar-refractivity contribution < 1.29 is 13.2 Å². The summed E-state index contributed by atoms with van der Waals surface area (Å²) >= 11 is 0. The number of rotatable bonds is 3. The number of hydrogen-bond donors (Lipinski definition) is 1. The lowest BCUT2D eigenvalue weighted by molar-refractivity contribution is 0.0980. The third-order valence-corrected chi connectivity index (χ3v) is 4.83. The Labute approximate surface area is 122 Å². The summed E-state index contributed by atoms with van der Waals surface area (Å²) in [5.41, 5.74) is 1.95. The van der Waals surface area contributed by atoms with Gasteiger partial charge in [0, 0.05) is 6.54 Å². The lowest BCUT2D eigenvalue weighted by Gasteiger charge is -2.07. The zero-order valence-electron chi connectivity index (χ0n) is 11.5. The number of amides is 1. The summed E-state index contributed by atoms with van der Waals surface area (Å²) in [7, 11) is -3.86. The highest BCUT2D eigenvalue weighted by Gasteiger charge is 2.25. The summed E-state index contributed by atoms with van der Waals surface area (Å²) < 4.78 is 28.3. The summed E-state index contributed by atoms with van der Waals surface area (Å²) in [6.45, 7) is 2.57. The van der Waals surface area contributed by atoms with Crippen molar-refractivity contribution in [1.82, 2.24) is 14.5 Å². The number of fused-ring (bicyclic) bond motifs is 1. The van der Waals surface area contributed by atoms with Crippen LogP contribution in [0.1, 0.15) is 28.0 Å². The van der Waals surface area contributed by atoms with Crippen molar-refractivity contribution in [2.45, 2.75) is 31.2 Å². The number of carbonyl (C=O) groups is 1. The van der Waals surface area contributed by atoms with Gasteiger partial charge in [-0.15, -0.1) is 0 Å². The van der Waals surface area contributed by atoms with Gasteiger partial charge in [0.1, 0.15) is 0 Å². The first kappa shape index (κ1) is 13.8. The third-order valence-electron chi connectivity index (χ3n) is 3.50. The maximum absolute atomic E-state index is 12.2. The van der Waals surface area contributed by atoms with Crippen molar-refractivity contribution in [3.8, 4) is 0 Å². The fourth-order valence-electron chi connectivity index (χ4n) is 2.47. The summed E-state index contributed by atoms with van der Waals surface area (Å²) in [5, 5.41) is 4.10. The molecule has 0 fully saturated rings. The van der Waals surface area contributed by atoms with E-state index >= 15 is 0 Å². The molecule has 1 N–H and O–H groups in total. The first-order valence-corrected chi connectivity index (χ1v) is 8.14. The summed E-state index contributed by atoms with van der Waals surface area (Å²) in [4.78, 5) is 12.3. The fourth-order valence-corrected chi connectivity index (χ4v) is 3.54. The van der Waals surface area contributed by atoms with Crippen molar-refractivity contribution in [1.29, 1.82) is 0 Å². The largest absolute Gasteiger partial charge is 0.269 e. The Bertz CT molecular complexity index is 809. The minimum atomic E-state index is -3.86. The van der Waals surface area contributed by atoms with Crippen LogP contribution in [0.15, 0.2) is 35.4 Å². The summed E-state index contributed by atoms with van der Waals surface area (Å²) in [5.74, 6) is -0.625. The zero-order chi connectivity index (χ0) is 15.0. The maximum atomic E-state index is 12.2. The average molecular weight is 305 g/mol. The van der Waals surface area contributed by atoms with Crippen LogP contribution in [-0.4, -0.2) is 24.1 Å². The third kappa shape index (κ3) is 2.56. The molecule has 2 aromatic rings. The maximum Gasteiger partial charge on any atom is 0.268 e. The average Bonchev–Trinajstić information content (AvgIpc) is 3.00. The minimum absolute atomic E-state index is 0.0830. The molecule has 21 heavy (non-hydrogen) atoms. The van der Waals surface area contributed by atoms with E-state index in [2.05, 4.69) is 9.82 Å². The van der Waals surface area contributed by atoms with Crippen LogP contribution < -0.4 is 4.72 Å². The molecule has 110 valence electrons. The molecular weight excluding hydrogens is 290 g/mol. The monoisotopic (exact) mass is 305 g/mol. The Morgan fingerprint density at radius 1 is 1.38 bits per heavy atom. The highest BCUT2D eigenvalue weighted by molar-refractivity contribution is 7.90. The Hall–Kier alpha value is -2.15. The van der Waals surface area contributed by atoms with E-state index in [-0.39, 0.29) is 4.90 Å². The number of nitrogens with zero attached hydrogens (tertiary/aromatic N) is 2. The Morgan fingerprint density at radius 2 is 2.19 bits per heavy atom. The zero-order valence-corrected chi connectivity index (χ0v) is 12.4. The van der Waals surface area contributed by atoms with E-state index in [0.29, 0.717) is 5.56 Å². The van der Waals surface area contributed by atoms with E-state index in [1.165, 1.54) is 18.3 Å². The van der Waals surface area contributed by atoms with Gasteiger partial charge in [0.2, 0.25) is 0 Å². The van der Waals surface area contributed by atoms with Crippen molar-refractivity contribution in [3.63, 3.8) is 0 Å². The molecule has 0 aliphatic carbocycles. The first-order chi connectivity index (χ1) is 9.97. The highest BCUT2D eigenvalue weighted by atomic mass is 32.2. The van der Waals surface area contributed by atoms with E-state index in [9.17, 15) is 13.2 Å². The molecule has 0 unspecified atom stereocenters. The Kier molecular flexibility index (Phi) is 3.29. The van der Waals surface area contributed by atoms with Gasteiger partial charge in [-0.05, 0) is 37.5 Å². The van der Waals surface area contributed by atoms with Gasteiger partial charge in [-0.3, -0.25) is 9.48 Å². The van der Waals surface area contributed by atoms with E-state index in [0.717, 1.165) is 30.6 Å². The number of aryl methyl sites for hydroxylation is 2. The van der Waals surface area contributed by atoms with Crippen LogP contribution in [0.2, 0.25) is 0 Å². The topological polar surface area (TPSA) is 81.1 Å². The molecule has 0 spiro atoms. The van der Waals surface area contributed by atoms with Crippen LogP contribution in [0.3, 0.4) is 0 Å². The van der Waals surface area contributed by atoms with Gasteiger partial charge in [-0.25, -0.2) is 13.1 Å². The standard InChI is InChI=1S/C14H15N3O3S/c1-10-4-2-5-11(8-10)21(19,20)16-14(18)12-9-15-17-7-3-6-13(12)17/h2,4-5,8-9H,3,6-7H2,1H3,(H,16,18). The molecule has 3 rings (SSSR count). The minimum Gasteiger partial charge on any atom is -0.269 e. The Balaban J connectivity index is 1.87.